The number of benzene rings is 1. The van der Waals surface area contributed by atoms with Crippen molar-refractivity contribution in [2.24, 2.45) is 0 Å². The number of hydrogen-bond acceptors (Lipinski definition) is 1. The summed E-state index contributed by atoms with van der Waals surface area (Å²) < 4.78 is 0. The molecule has 0 aliphatic heterocycles. The molecule has 2 rings (SSSR count). The van der Waals surface area contributed by atoms with Crippen LogP contribution in [0.15, 0.2) is 24.3 Å². The molecule has 0 N–H and O–H groups in total. The second-order valence-electron chi connectivity index (χ2n) is 4.56. The second-order valence-corrected chi connectivity index (χ2v) is 4.83. The van der Waals surface area contributed by atoms with Crippen LogP contribution < -0.4 is 0 Å². The molecule has 1 saturated carbocycles. The van der Waals surface area contributed by atoms with E-state index in [1.807, 2.05) is 29.2 Å². The molecule has 0 bridgehead atoms. The third-order valence-corrected chi connectivity index (χ3v) is 3.35. The maximum Gasteiger partial charge on any atom is 0.254 e. The molecule has 3 heteroatoms. The van der Waals surface area contributed by atoms with E-state index >= 15 is 0 Å². The Morgan fingerprint density at radius 1 is 1.47 bits per heavy atom. The molecule has 0 heterocycles. The molecule has 0 spiro atoms. The van der Waals surface area contributed by atoms with Crippen molar-refractivity contribution >= 4 is 17.5 Å². The van der Waals surface area contributed by atoms with Crippen LogP contribution in [-0.2, 0) is 5.88 Å². The molecule has 1 aliphatic carbocycles. The van der Waals surface area contributed by atoms with Gasteiger partial charge in [-0.15, -0.1) is 11.6 Å². The van der Waals surface area contributed by atoms with Crippen molar-refractivity contribution in [3.63, 3.8) is 0 Å². The van der Waals surface area contributed by atoms with E-state index in [4.69, 9.17) is 11.6 Å². The van der Waals surface area contributed by atoms with E-state index in [0.717, 1.165) is 36.9 Å². The van der Waals surface area contributed by atoms with Crippen molar-refractivity contribution < 1.29 is 4.79 Å². The minimum absolute atomic E-state index is 0.154. The fourth-order valence-electron chi connectivity index (χ4n) is 2.03. The number of halogens is 1. The number of rotatable bonds is 5. The smallest absolute Gasteiger partial charge is 0.254 e. The Kier molecular flexibility index (Phi) is 4.06. The van der Waals surface area contributed by atoms with Crippen LogP contribution in [0.2, 0.25) is 0 Å². The molecule has 92 valence electrons. The molecule has 17 heavy (non-hydrogen) atoms. The van der Waals surface area contributed by atoms with Crippen LogP contribution in [0.1, 0.15) is 42.1 Å². The van der Waals surface area contributed by atoms with Gasteiger partial charge in [-0.3, -0.25) is 4.79 Å². The highest BCUT2D eigenvalue weighted by Gasteiger charge is 2.32. The van der Waals surface area contributed by atoms with E-state index in [9.17, 15) is 4.79 Å². The van der Waals surface area contributed by atoms with Gasteiger partial charge in [0.2, 0.25) is 0 Å². The molecule has 1 fully saturated rings. The molecule has 0 saturated heterocycles. The highest BCUT2D eigenvalue weighted by atomic mass is 35.5. The molecule has 0 atom stereocenters. The van der Waals surface area contributed by atoms with Crippen LogP contribution in [0, 0.1) is 0 Å². The van der Waals surface area contributed by atoms with Crippen molar-refractivity contribution in [2.75, 3.05) is 6.54 Å². The third kappa shape index (κ3) is 3.01. The zero-order chi connectivity index (χ0) is 12.3. The van der Waals surface area contributed by atoms with Crippen molar-refractivity contribution in [1.82, 2.24) is 4.90 Å². The number of carbonyl (C=O) groups is 1. The first kappa shape index (κ1) is 12.4. The highest BCUT2D eigenvalue weighted by Crippen LogP contribution is 2.28. The SMILES string of the molecule is CCCN(C(=O)c1cccc(CCl)c1)C1CC1. The minimum Gasteiger partial charge on any atom is -0.336 e. The average Bonchev–Trinajstić information content (AvgIpc) is 3.19. The normalized spacial score (nSPS) is 14.7. The lowest BCUT2D eigenvalue weighted by Crippen LogP contribution is -2.33. The topological polar surface area (TPSA) is 20.3 Å². The predicted molar refractivity (Wildman–Crippen MR) is 70.3 cm³/mol. The quantitative estimate of drug-likeness (QED) is 0.734. The number of amides is 1. The lowest BCUT2D eigenvalue weighted by Gasteiger charge is -2.22. The Morgan fingerprint density at radius 2 is 2.24 bits per heavy atom. The van der Waals surface area contributed by atoms with E-state index < -0.39 is 0 Å². The number of hydrogen-bond donors (Lipinski definition) is 0. The summed E-state index contributed by atoms with van der Waals surface area (Å²) >= 11 is 5.79. The van der Waals surface area contributed by atoms with Crippen molar-refractivity contribution in [2.45, 2.75) is 38.1 Å². The van der Waals surface area contributed by atoms with Gasteiger partial charge in [0.1, 0.15) is 0 Å². The molecule has 2 nitrogen and oxygen atoms in total. The van der Waals surface area contributed by atoms with Crippen molar-refractivity contribution in [3.8, 4) is 0 Å². The van der Waals surface area contributed by atoms with Crippen LogP contribution in [0.25, 0.3) is 0 Å². The van der Waals surface area contributed by atoms with Gasteiger partial charge in [0.15, 0.2) is 0 Å². The molecule has 1 aliphatic rings. The number of alkyl halides is 1. The summed E-state index contributed by atoms with van der Waals surface area (Å²) in [5, 5.41) is 0. The van der Waals surface area contributed by atoms with Gasteiger partial charge in [-0.1, -0.05) is 19.1 Å². The van der Waals surface area contributed by atoms with Crippen LogP contribution >= 0.6 is 11.6 Å². The molecule has 0 aromatic heterocycles. The van der Waals surface area contributed by atoms with Gasteiger partial charge in [-0.05, 0) is 37.0 Å². The summed E-state index contributed by atoms with van der Waals surface area (Å²) in [7, 11) is 0. The van der Waals surface area contributed by atoms with E-state index in [1.165, 1.54) is 0 Å². The lowest BCUT2D eigenvalue weighted by atomic mass is 10.1. The summed E-state index contributed by atoms with van der Waals surface area (Å²) in [6.45, 7) is 2.96. The number of carbonyl (C=O) groups excluding carboxylic acids is 1. The Balaban J connectivity index is 2.15. The Labute approximate surface area is 108 Å². The van der Waals surface area contributed by atoms with Gasteiger partial charge in [-0.2, -0.15) is 0 Å². The summed E-state index contributed by atoms with van der Waals surface area (Å²) in [6.07, 6.45) is 3.32. The van der Waals surface area contributed by atoms with E-state index in [2.05, 4.69) is 6.92 Å². The first-order valence-corrected chi connectivity index (χ1v) is 6.75. The molecule has 1 aromatic carbocycles. The van der Waals surface area contributed by atoms with Crippen LogP contribution in [0.4, 0.5) is 0 Å². The monoisotopic (exact) mass is 251 g/mol. The second kappa shape index (κ2) is 5.54. The molecular weight excluding hydrogens is 234 g/mol. The molecular formula is C14H18ClNO. The summed E-state index contributed by atoms with van der Waals surface area (Å²) in [6, 6.07) is 8.11. The largest absolute Gasteiger partial charge is 0.336 e. The summed E-state index contributed by atoms with van der Waals surface area (Å²) in [4.78, 5) is 14.4. The molecule has 1 amide bonds. The van der Waals surface area contributed by atoms with Crippen molar-refractivity contribution in [3.05, 3.63) is 35.4 Å². The van der Waals surface area contributed by atoms with Crippen LogP contribution in [0.5, 0.6) is 0 Å². The summed E-state index contributed by atoms with van der Waals surface area (Å²) in [5.41, 5.74) is 1.77. The first-order chi connectivity index (χ1) is 8.26. The van der Waals surface area contributed by atoms with Crippen LogP contribution in [-0.4, -0.2) is 23.4 Å². The minimum atomic E-state index is 0.154. The maximum atomic E-state index is 12.4. The van der Waals surface area contributed by atoms with Gasteiger partial charge < -0.3 is 4.90 Å². The fourth-order valence-corrected chi connectivity index (χ4v) is 2.20. The van der Waals surface area contributed by atoms with Gasteiger partial charge in [-0.25, -0.2) is 0 Å². The first-order valence-electron chi connectivity index (χ1n) is 6.22. The van der Waals surface area contributed by atoms with Gasteiger partial charge >= 0.3 is 0 Å². The van der Waals surface area contributed by atoms with E-state index in [-0.39, 0.29) is 5.91 Å². The van der Waals surface area contributed by atoms with E-state index in [1.54, 1.807) is 0 Å². The zero-order valence-electron chi connectivity index (χ0n) is 10.2. The Morgan fingerprint density at radius 3 is 2.82 bits per heavy atom. The lowest BCUT2D eigenvalue weighted by molar-refractivity contribution is 0.0743. The summed E-state index contributed by atoms with van der Waals surface area (Å²) in [5.74, 6) is 0.611. The fraction of sp³-hybridized carbons (Fsp3) is 0.500. The Bertz CT molecular complexity index is 401. The zero-order valence-corrected chi connectivity index (χ0v) is 10.9. The van der Waals surface area contributed by atoms with Crippen LogP contribution in [0.3, 0.4) is 0 Å². The third-order valence-electron chi connectivity index (χ3n) is 3.04. The molecule has 0 unspecified atom stereocenters. The molecule has 0 radical (unpaired) electrons. The molecule has 1 aromatic rings. The number of nitrogens with zero attached hydrogens (tertiary/aromatic N) is 1. The van der Waals surface area contributed by atoms with Crippen molar-refractivity contribution in [1.29, 1.82) is 0 Å². The maximum absolute atomic E-state index is 12.4. The Hall–Kier alpha value is -1.02. The van der Waals surface area contributed by atoms with Gasteiger partial charge in [0.05, 0.1) is 0 Å². The highest BCUT2D eigenvalue weighted by molar-refractivity contribution is 6.17. The predicted octanol–water partition coefficient (Wildman–Crippen LogP) is 3.44. The van der Waals surface area contributed by atoms with E-state index in [0.29, 0.717) is 11.9 Å². The van der Waals surface area contributed by atoms with Gasteiger partial charge in [0.25, 0.3) is 5.91 Å². The standard InChI is InChI=1S/C14H18ClNO/c1-2-8-16(13-6-7-13)14(17)12-5-3-4-11(9-12)10-15/h3-5,9,13H,2,6-8,10H2,1H3. The average molecular weight is 252 g/mol. The van der Waals surface area contributed by atoms with Gasteiger partial charge in [0, 0.05) is 24.0 Å².